The molecule has 2 aromatic carbocycles. The molecule has 6 heteroatoms. The van der Waals surface area contributed by atoms with Crippen molar-refractivity contribution in [1.29, 1.82) is 0 Å². The van der Waals surface area contributed by atoms with Crippen molar-refractivity contribution in [2.45, 2.75) is 17.9 Å². The zero-order chi connectivity index (χ0) is 16.9. The molecule has 0 spiro atoms. The Kier molecular flexibility index (Phi) is 5.43. The number of para-hydroxylation sites is 2. The van der Waals surface area contributed by atoms with E-state index in [1.54, 1.807) is 11.8 Å². The summed E-state index contributed by atoms with van der Waals surface area (Å²) in [6, 6.07) is 15.6. The van der Waals surface area contributed by atoms with E-state index in [1.165, 1.54) is 0 Å². The summed E-state index contributed by atoms with van der Waals surface area (Å²) in [7, 11) is 1.97. The third kappa shape index (κ3) is 4.10. The second-order valence-electron chi connectivity index (χ2n) is 5.40. The van der Waals surface area contributed by atoms with Gasteiger partial charge in [0.05, 0.1) is 17.6 Å². The number of halogens is 1. The normalized spacial score (nSPS) is 10.9. The van der Waals surface area contributed by atoms with Crippen LogP contribution in [0.2, 0.25) is 5.02 Å². The summed E-state index contributed by atoms with van der Waals surface area (Å²) < 4.78 is 2.01. The molecular formula is C18H18ClN3OS. The molecule has 0 aliphatic rings. The number of imidazole rings is 1. The van der Waals surface area contributed by atoms with Gasteiger partial charge in [0.25, 0.3) is 0 Å². The molecule has 1 amide bonds. The monoisotopic (exact) mass is 359 g/mol. The predicted molar refractivity (Wildman–Crippen MR) is 99.4 cm³/mol. The summed E-state index contributed by atoms with van der Waals surface area (Å²) in [6.07, 6.45) is 0.469. The van der Waals surface area contributed by atoms with Crippen LogP contribution in [-0.4, -0.2) is 21.2 Å². The zero-order valence-electron chi connectivity index (χ0n) is 13.3. The largest absolute Gasteiger partial charge is 0.349 e. The minimum atomic E-state index is 0.0310. The van der Waals surface area contributed by atoms with Crippen molar-refractivity contribution in [1.82, 2.24) is 14.9 Å². The topological polar surface area (TPSA) is 46.9 Å². The molecule has 1 N–H and O–H groups in total. The van der Waals surface area contributed by atoms with Crippen LogP contribution in [0.1, 0.15) is 12.2 Å². The lowest BCUT2D eigenvalue weighted by Gasteiger charge is -2.06. The maximum absolute atomic E-state index is 12.0. The molecule has 0 radical (unpaired) electrons. The van der Waals surface area contributed by atoms with Crippen molar-refractivity contribution in [3.05, 3.63) is 59.4 Å². The first-order valence-corrected chi connectivity index (χ1v) is 9.05. The summed E-state index contributed by atoms with van der Waals surface area (Å²) in [6.45, 7) is 0.440. The fourth-order valence-corrected chi connectivity index (χ4v) is 3.39. The Hall–Kier alpha value is -1.98. The van der Waals surface area contributed by atoms with Crippen molar-refractivity contribution in [2.75, 3.05) is 5.75 Å². The van der Waals surface area contributed by atoms with Gasteiger partial charge in [0.15, 0.2) is 0 Å². The van der Waals surface area contributed by atoms with Gasteiger partial charge in [0.1, 0.15) is 5.82 Å². The average molecular weight is 360 g/mol. The van der Waals surface area contributed by atoms with Crippen LogP contribution in [-0.2, 0) is 18.4 Å². The number of amides is 1. The molecule has 24 heavy (non-hydrogen) atoms. The molecule has 0 saturated carbocycles. The van der Waals surface area contributed by atoms with E-state index in [1.807, 2.05) is 60.1 Å². The van der Waals surface area contributed by atoms with Gasteiger partial charge in [-0.25, -0.2) is 4.98 Å². The number of aromatic nitrogens is 2. The predicted octanol–water partition coefficient (Wildman–Crippen LogP) is 4.03. The maximum atomic E-state index is 12.0. The molecule has 124 valence electrons. The lowest BCUT2D eigenvalue weighted by Crippen LogP contribution is -2.24. The first-order chi connectivity index (χ1) is 11.6. The Bertz CT molecular complexity index is 845. The molecule has 0 unspecified atom stereocenters. The van der Waals surface area contributed by atoms with Crippen LogP contribution in [0.15, 0.2) is 53.4 Å². The second kappa shape index (κ2) is 7.73. The highest BCUT2D eigenvalue weighted by Crippen LogP contribution is 2.21. The van der Waals surface area contributed by atoms with Gasteiger partial charge < -0.3 is 9.88 Å². The number of nitrogens with one attached hydrogen (secondary N) is 1. The number of rotatable bonds is 6. The van der Waals surface area contributed by atoms with Crippen molar-refractivity contribution < 1.29 is 4.79 Å². The van der Waals surface area contributed by atoms with Crippen LogP contribution in [0.4, 0.5) is 0 Å². The first-order valence-electron chi connectivity index (χ1n) is 7.69. The molecule has 0 aliphatic heterocycles. The van der Waals surface area contributed by atoms with Gasteiger partial charge in [-0.1, -0.05) is 23.7 Å². The van der Waals surface area contributed by atoms with E-state index in [0.29, 0.717) is 13.0 Å². The number of hydrogen-bond donors (Lipinski definition) is 1. The highest BCUT2D eigenvalue weighted by Gasteiger charge is 2.08. The number of carbonyl (C=O) groups excluding carboxylic acids is 1. The van der Waals surface area contributed by atoms with E-state index >= 15 is 0 Å². The molecule has 0 fully saturated rings. The van der Waals surface area contributed by atoms with Gasteiger partial charge in [-0.15, -0.1) is 11.8 Å². The summed E-state index contributed by atoms with van der Waals surface area (Å²) in [5.41, 5.74) is 2.02. The van der Waals surface area contributed by atoms with Gasteiger partial charge >= 0.3 is 0 Å². The van der Waals surface area contributed by atoms with Gasteiger partial charge in [0, 0.05) is 29.1 Å². The summed E-state index contributed by atoms with van der Waals surface area (Å²) in [5.74, 6) is 1.62. The maximum Gasteiger partial charge on any atom is 0.221 e. The Morgan fingerprint density at radius 1 is 1.21 bits per heavy atom. The fourth-order valence-electron chi connectivity index (χ4n) is 2.41. The lowest BCUT2D eigenvalue weighted by molar-refractivity contribution is -0.120. The summed E-state index contributed by atoms with van der Waals surface area (Å²) in [4.78, 5) is 17.7. The average Bonchev–Trinajstić information content (AvgIpc) is 2.91. The molecule has 3 rings (SSSR count). The van der Waals surface area contributed by atoms with Crippen molar-refractivity contribution in [2.24, 2.45) is 7.05 Å². The minimum absolute atomic E-state index is 0.0310. The minimum Gasteiger partial charge on any atom is -0.349 e. The van der Waals surface area contributed by atoms with Crippen molar-refractivity contribution in [3.8, 4) is 0 Å². The third-order valence-corrected chi connectivity index (χ3v) is 5.00. The highest BCUT2D eigenvalue weighted by atomic mass is 35.5. The van der Waals surface area contributed by atoms with Gasteiger partial charge in [0.2, 0.25) is 5.91 Å². The first kappa shape index (κ1) is 16.9. The second-order valence-corrected chi connectivity index (χ2v) is 7.01. The standard InChI is InChI=1S/C18H18ClN3OS/c1-22-16-5-3-2-4-15(16)21-17(22)12-20-18(23)10-11-24-14-8-6-13(19)7-9-14/h2-9H,10-12H2,1H3,(H,20,23). The van der Waals surface area contributed by atoms with Gasteiger partial charge in [-0.3, -0.25) is 4.79 Å². The van der Waals surface area contributed by atoms with Crippen LogP contribution >= 0.6 is 23.4 Å². The Morgan fingerprint density at radius 2 is 1.96 bits per heavy atom. The number of nitrogens with zero attached hydrogens (tertiary/aromatic N) is 2. The molecule has 1 heterocycles. The van der Waals surface area contributed by atoms with Gasteiger partial charge in [-0.05, 0) is 36.4 Å². The highest BCUT2D eigenvalue weighted by molar-refractivity contribution is 7.99. The van der Waals surface area contributed by atoms with Gasteiger partial charge in [-0.2, -0.15) is 0 Å². The van der Waals surface area contributed by atoms with E-state index in [0.717, 1.165) is 32.5 Å². The number of aryl methyl sites for hydroxylation is 1. The molecular weight excluding hydrogens is 342 g/mol. The van der Waals surface area contributed by atoms with Crippen LogP contribution in [0, 0.1) is 0 Å². The van der Waals surface area contributed by atoms with Crippen molar-refractivity contribution >= 4 is 40.3 Å². The van der Waals surface area contributed by atoms with E-state index in [9.17, 15) is 4.79 Å². The van der Waals surface area contributed by atoms with E-state index < -0.39 is 0 Å². The molecule has 0 atom stereocenters. The van der Waals surface area contributed by atoms with Crippen molar-refractivity contribution in [3.63, 3.8) is 0 Å². The summed E-state index contributed by atoms with van der Waals surface area (Å²) >= 11 is 7.50. The zero-order valence-corrected chi connectivity index (χ0v) is 14.9. The molecule has 0 saturated heterocycles. The molecule has 0 aliphatic carbocycles. The van der Waals surface area contributed by atoms with Crippen LogP contribution in [0.5, 0.6) is 0 Å². The fraction of sp³-hybridized carbons (Fsp3) is 0.222. The Balaban J connectivity index is 1.48. The third-order valence-electron chi connectivity index (χ3n) is 3.73. The van der Waals surface area contributed by atoms with E-state index in [-0.39, 0.29) is 5.91 Å². The smallest absolute Gasteiger partial charge is 0.221 e. The number of benzene rings is 2. The Labute approximate surface area is 150 Å². The van der Waals surface area contributed by atoms with E-state index in [2.05, 4.69) is 10.3 Å². The number of carbonyl (C=O) groups is 1. The van der Waals surface area contributed by atoms with Crippen LogP contribution in [0.3, 0.4) is 0 Å². The van der Waals surface area contributed by atoms with Crippen LogP contribution in [0.25, 0.3) is 11.0 Å². The number of fused-ring (bicyclic) bond motifs is 1. The SMILES string of the molecule is Cn1c(CNC(=O)CCSc2ccc(Cl)cc2)nc2ccccc21. The summed E-state index contributed by atoms with van der Waals surface area (Å²) in [5, 5.41) is 3.66. The quantitative estimate of drug-likeness (QED) is 0.676. The Morgan fingerprint density at radius 3 is 2.71 bits per heavy atom. The molecule has 1 aromatic heterocycles. The number of thioether (sulfide) groups is 1. The number of hydrogen-bond acceptors (Lipinski definition) is 3. The van der Waals surface area contributed by atoms with E-state index in [4.69, 9.17) is 11.6 Å². The lowest BCUT2D eigenvalue weighted by atomic mass is 10.3. The van der Waals surface area contributed by atoms with Crippen LogP contribution < -0.4 is 5.32 Å². The molecule has 4 nitrogen and oxygen atoms in total. The molecule has 3 aromatic rings. The molecule has 0 bridgehead atoms.